The van der Waals surface area contributed by atoms with Crippen molar-refractivity contribution in [1.29, 1.82) is 0 Å². The van der Waals surface area contributed by atoms with Crippen molar-refractivity contribution in [1.82, 2.24) is 9.97 Å². The molecule has 0 bridgehead atoms. The van der Waals surface area contributed by atoms with E-state index in [4.69, 9.17) is 5.73 Å². The number of nitrogens with one attached hydrogen (secondary N) is 2. The van der Waals surface area contributed by atoms with E-state index in [0.29, 0.717) is 25.3 Å². The highest BCUT2D eigenvalue weighted by Crippen LogP contribution is 2.29. The lowest BCUT2D eigenvalue weighted by Gasteiger charge is -2.09. The van der Waals surface area contributed by atoms with Gasteiger partial charge in [0.05, 0.1) is 5.39 Å². The van der Waals surface area contributed by atoms with Crippen molar-refractivity contribution in [3.05, 3.63) is 10.9 Å². The molecule has 4 N–H and O–H groups in total. The van der Waals surface area contributed by atoms with Crippen LogP contribution in [0.2, 0.25) is 0 Å². The van der Waals surface area contributed by atoms with E-state index in [1.54, 1.807) is 11.3 Å². The number of hydrogen-bond donors (Lipinski definition) is 3. The van der Waals surface area contributed by atoms with Crippen LogP contribution in [0.4, 0.5) is 11.8 Å². The van der Waals surface area contributed by atoms with Crippen LogP contribution in [0.1, 0.15) is 31.1 Å². The molecule has 0 atom stereocenters. The summed E-state index contributed by atoms with van der Waals surface area (Å²) in [5, 5.41) is 7.52. The van der Waals surface area contributed by atoms with E-state index in [-0.39, 0.29) is 5.91 Å². The average Bonchev–Trinajstić information content (AvgIpc) is 2.81. The van der Waals surface area contributed by atoms with E-state index in [1.807, 2.05) is 0 Å². The zero-order valence-electron chi connectivity index (χ0n) is 12.4. The smallest absolute Gasteiger partial charge is 0.226 e. The molecule has 0 aliphatic heterocycles. The predicted octanol–water partition coefficient (Wildman–Crippen LogP) is 2.50. The van der Waals surface area contributed by atoms with Gasteiger partial charge in [0, 0.05) is 24.4 Å². The molecule has 0 aromatic carbocycles. The second-order valence-corrected chi connectivity index (χ2v) is 6.13. The number of rotatable bonds is 8. The standard InChI is InChI=1S/C14H21N5OS/c1-3-6-17-14-18-12(16-7-4-5-11(15)20)10-8-9(2)21-13(10)19-14/h8H,3-7H2,1-2H3,(H2,15,20)(H2,16,17,18,19). The van der Waals surface area contributed by atoms with Crippen molar-refractivity contribution in [3.8, 4) is 0 Å². The number of fused-ring (bicyclic) bond motifs is 1. The minimum Gasteiger partial charge on any atom is -0.370 e. The van der Waals surface area contributed by atoms with E-state index >= 15 is 0 Å². The molecule has 0 saturated heterocycles. The summed E-state index contributed by atoms with van der Waals surface area (Å²) in [5.74, 6) is 1.18. The number of carbonyl (C=O) groups excluding carboxylic acids is 1. The summed E-state index contributed by atoms with van der Waals surface area (Å²) in [4.78, 5) is 22.0. The highest BCUT2D eigenvalue weighted by molar-refractivity contribution is 7.18. The molecule has 7 heteroatoms. The summed E-state index contributed by atoms with van der Waals surface area (Å²) in [6.45, 7) is 5.67. The van der Waals surface area contributed by atoms with Gasteiger partial charge in [0.15, 0.2) is 0 Å². The van der Waals surface area contributed by atoms with Gasteiger partial charge in [-0.25, -0.2) is 4.98 Å². The maximum Gasteiger partial charge on any atom is 0.226 e. The molecule has 0 saturated carbocycles. The Labute approximate surface area is 128 Å². The van der Waals surface area contributed by atoms with Gasteiger partial charge < -0.3 is 16.4 Å². The zero-order chi connectivity index (χ0) is 15.2. The van der Waals surface area contributed by atoms with Crippen LogP contribution in [0.15, 0.2) is 6.07 Å². The number of carbonyl (C=O) groups is 1. The Morgan fingerprint density at radius 2 is 2.14 bits per heavy atom. The Morgan fingerprint density at radius 3 is 2.86 bits per heavy atom. The molecule has 2 heterocycles. The van der Waals surface area contributed by atoms with Gasteiger partial charge in [-0.15, -0.1) is 11.3 Å². The lowest BCUT2D eigenvalue weighted by molar-refractivity contribution is -0.118. The topological polar surface area (TPSA) is 92.9 Å². The molecular weight excluding hydrogens is 286 g/mol. The highest BCUT2D eigenvalue weighted by Gasteiger charge is 2.10. The van der Waals surface area contributed by atoms with Gasteiger partial charge in [-0.2, -0.15) is 4.98 Å². The number of thiophene rings is 1. The van der Waals surface area contributed by atoms with Crippen LogP contribution < -0.4 is 16.4 Å². The molecule has 0 radical (unpaired) electrons. The summed E-state index contributed by atoms with van der Waals surface area (Å²) in [5.41, 5.74) is 5.14. The molecule has 1 amide bonds. The third-order valence-corrected chi connectivity index (χ3v) is 3.89. The number of aromatic nitrogens is 2. The van der Waals surface area contributed by atoms with Crippen molar-refractivity contribution in [2.75, 3.05) is 23.7 Å². The largest absolute Gasteiger partial charge is 0.370 e. The SMILES string of the molecule is CCCNc1nc(NCCCC(N)=O)c2cc(C)sc2n1. The molecule has 2 rings (SSSR count). The van der Waals surface area contributed by atoms with Crippen molar-refractivity contribution < 1.29 is 4.79 Å². The molecule has 2 aromatic rings. The van der Waals surface area contributed by atoms with Crippen molar-refractivity contribution in [2.24, 2.45) is 5.73 Å². The van der Waals surface area contributed by atoms with Gasteiger partial charge >= 0.3 is 0 Å². The Bertz CT molecular complexity index is 625. The predicted molar refractivity (Wildman–Crippen MR) is 87.9 cm³/mol. The monoisotopic (exact) mass is 307 g/mol. The molecule has 6 nitrogen and oxygen atoms in total. The molecule has 21 heavy (non-hydrogen) atoms. The minimum absolute atomic E-state index is 0.277. The minimum atomic E-state index is -0.277. The maximum atomic E-state index is 10.8. The van der Waals surface area contributed by atoms with Gasteiger partial charge in [0.25, 0.3) is 0 Å². The maximum absolute atomic E-state index is 10.8. The number of anilines is 2. The number of nitrogens with two attached hydrogens (primary N) is 1. The lowest BCUT2D eigenvalue weighted by atomic mass is 10.3. The molecule has 2 aromatic heterocycles. The summed E-state index contributed by atoms with van der Waals surface area (Å²) in [6.07, 6.45) is 2.10. The molecule has 0 unspecified atom stereocenters. The number of primary amides is 1. The van der Waals surface area contributed by atoms with Gasteiger partial charge in [0.1, 0.15) is 10.6 Å². The number of aryl methyl sites for hydroxylation is 1. The van der Waals surface area contributed by atoms with E-state index in [1.165, 1.54) is 4.88 Å². The fraction of sp³-hybridized carbons (Fsp3) is 0.500. The fourth-order valence-corrected chi connectivity index (χ4v) is 2.84. The molecule has 0 aliphatic carbocycles. The van der Waals surface area contributed by atoms with Crippen LogP contribution in [0.3, 0.4) is 0 Å². The Hall–Kier alpha value is -1.89. The molecule has 114 valence electrons. The van der Waals surface area contributed by atoms with Crippen LogP contribution in [0.25, 0.3) is 10.2 Å². The Morgan fingerprint density at radius 1 is 1.33 bits per heavy atom. The molecule has 0 spiro atoms. The first kappa shape index (κ1) is 15.5. The van der Waals surface area contributed by atoms with E-state index in [2.05, 4.69) is 40.5 Å². The van der Waals surface area contributed by atoms with E-state index in [0.717, 1.165) is 29.0 Å². The number of hydrogen-bond acceptors (Lipinski definition) is 6. The summed E-state index contributed by atoms with van der Waals surface area (Å²) in [6, 6.07) is 2.08. The highest BCUT2D eigenvalue weighted by atomic mass is 32.1. The number of amides is 1. The quantitative estimate of drug-likeness (QED) is 0.652. The Kier molecular flexibility index (Phi) is 5.32. The molecule has 0 aliphatic rings. The third kappa shape index (κ3) is 4.29. The van der Waals surface area contributed by atoms with Crippen LogP contribution in [0, 0.1) is 6.92 Å². The fourth-order valence-electron chi connectivity index (χ4n) is 1.96. The van der Waals surface area contributed by atoms with Crippen LogP contribution in [0.5, 0.6) is 0 Å². The second-order valence-electron chi connectivity index (χ2n) is 4.90. The average molecular weight is 307 g/mol. The molecule has 0 fully saturated rings. The number of nitrogens with zero attached hydrogens (tertiary/aromatic N) is 2. The van der Waals surface area contributed by atoms with E-state index in [9.17, 15) is 4.79 Å². The van der Waals surface area contributed by atoms with Crippen LogP contribution in [-0.4, -0.2) is 29.0 Å². The van der Waals surface area contributed by atoms with Gasteiger partial charge in [-0.1, -0.05) is 6.92 Å². The first-order valence-corrected chi connectivity index (χ1v) is 7.96. The Balaban J connectivity index is 2.16. The van der Waals surface area contributed by atoms with Crippen molar-refractivity contribution in [3.63, 3.8) is 0 Å². The van der Waals surface area contributed by atoms with Gasteiger partial charge in [-0.3, -0.25) is 4.79 Å². The molecular formula is C14H21N5OS. The third-order valence-electron chi connectivity index (χ3n) is 2.94. The first-order chi connectivity index (χ1) is 10.1. The van der Waals surface area contributed by atoms with E-state index < -0.39 is 0 Å². The van der Waals surface area contributed by atoms with Crippen LogP contribution in [-0.2, 0) is 4.79 Å². The van der Waals surface area contributed by atoms with Gasteiger partial charge in [-0.05, 0) is 25.8 Å². The lowest BCUT2D eigenvalue weighted by Crippen LogP contribution is -2.13. The normalized spacial score (nSPS) is 10.8. The summed E-state index contributed by atoms with van der Waals surface area (Å²) in [7, 11) is 0. The zero-order valence-corrected chi connectivity index (χ0v) is 13.2. The summed E-state index contributed by atoms with van der Waals surface area (Å²) < 4.78 is 0. The van der Waals surface area contributed by atoms with Crippen LogP contribution >= 0.6 is 11.3 Å². The second kappa shape index (κ2) is 7.21. The van der Waals surface area contributed by atoms with Crippen molar-refractivity contribution in [2.45, 2.75) is 33.1 Å². The van der Waals surface area contributed by atoms with Gasteiger partial charge in [0.2, 0.25) is 11.9 Å². The first-order valence-electron chi connectivity index (χ1n) is 7.14. The summed E-state index contributed by atoms with van der Waals surface area (Å²) >= 11 is 1.65. The van der Waals surface area contributed by atoms with Crippen molar-refractivity contribution >= 4 is 39.2 Å².